The molecule has 1 heterocycles. The lowest BCUT2D eigenvalue weighted by molar-refractivity contribution is 0.0743. The highest BCUT2D eigenvalue weighted by Crippen LogP contribution is 2.22. The Morgan fingerprint density at radius 3 is 2.80 bits per heavy atom. The Bertz CT molecular complexity index is 598. The molecular formula is C15H16INO2S. The minimum Gasteiger partial charge on any atom is -0.507 e. The summed E-state index contributed by atoms with van der Waals surface area (Å²) in [6.45, 7) is 2.03. The molecule has 1 aromatic carbocycles. The Kier molecular flexibility index (Phi) is 5.04. The second kappa shape index (κ2) is 6.58. The second-order valence-corrected chi connectivity index (χ2v) is 6.91. The van der Waals surface area contributed by atoms with Crippen LogP contribution in [0, 0.1) is 3.57 Å². The summed E-state index contributed by atoms with van der Waals surface area (Å²) < 4.78 is 0.744. The van der Waals surface area contributed by atoms with E-state index >= 15 is 0 Å². The lowest BCUT2D eigenvalue weighted by atomic mass is 10.1. The van der Waals surface area contributed by atoms with Crippen molar-refractivity contribution >= 4 is 39.8 Å². The van der Waals surface area contributed by atoms with Crippen LogP contribution in [0.2, 0.25) is 0 Å². The predicted octanol–water partition coefficient (Wildman–Crippen LogP) is 3.76. The molecule has 0 fully saturated rings. The molecule has 0 saturated heterocycles. The molecule has 5 heteroatoms. The van der Waals surface area contributed by atoms with Crippen molar-refractivity contribution in [3.05, 3.63) is 49.7 Å². The molecule has 0 aliphatic heterocycles. The average Bonchev–Trinajstić information content (AvgIpc) is 2.93. The largest absolute Gasteiger partial charge is 0.507 e. The number of phenols is 1. The van der Waals surface area contributed by atoms with Gasteiger partial charge in [0.15, 0.2) is 0 Å². The number of likely N-dealkylation sites (N-methyl/N-ethyl adjacent to an activating group) is 1. The van der Waals surface area contributed by atoms with Crippen molar-refractivity contribution in [1.29, 1.82) is 0 Å². The van der Waals surface area contributed by atoms with Crippen LogP contribution in [0.25, 0.3) is 0 Å². The molecule has 1 aromatic heterocycles. The van der Waals surface area contributed by atoms with E-state index in [1.807, 2.05) is 41.0 Å². The monoisotopic (exact) mass is 401 g/mol. The van der Waals surface area contributed by atoms with E-state index < -0.39 is 0 Å². The zero-order chi connectivity index (χ0) is 14.7. The molecule has 0 spiro atoms. The number of hydrogen-bond acceptors (Lipinski definition) is 3. The first kappa shape index (κ1) is 15.3. The summed E-state index contributed by atoms with van der Waals surface area (Å²) in [6, 6.07) is 9.24. The molecular weight excluding hydrogens is 385 g/mol. The van der Waals surface area contributed by atoms with Crippen LogP contribution < -0.4 is 0 Å². The first-order chi connectivity index (χ1) is 9.49. The topological polar surface area (TPSA) is 40.5 Å². The van der Waals surface area contributed by atoms with Gasteiger partial charge in [-0.25, -0.2) is 0 Å². The van der Waals surface area contributed by atoms with Gasteiger partial charge in [0, 0.05) is 30.0 Å². The number of rotatable bonds is 4. The van der Waals surface area contributed by atoms with Gasteiger partial charge >= 0.3 is 0 Å². The number of hydrogen-bond donors (Lipinski definition) is 1. The van der Waals surface area contributed by atoms with E-state index in [2.05, 4.69) is 6.07 Å². The van der Waals surface area contributed by atoms with Crippen LogP contribution in [0.15, 0.2) is 35.7 Å². The van der Waals surface area contributed by atoms with Crippen molar-refractivity contribution in [2.75, 3.05) is 7.05 Å². The summed E-state index contributed by atoms with van der Waals surface area (Å²) in [6.07, 6.45) is 0.844. The van der Waals surface area contributed by atoms with Crippen LogP contribution in [-0.4, -0.2) is 29.0 Å². The predicted molar refractivity (Wildman–Crippen MR) is 90.4 cm³/mol. The zero-order valence-electron chi connectivity index (χ0n) is 11.3. The fourth-order valence-electron chi connectivity index (χ4n) is 1.91. The minimum atomic E-state index is -0.0687. The summed E-state index contributed by atoms with van der Waals surface area (Å²) in [5.74, 6) is 0.0801. The third kappa shape index (κ3) is 3.52. The van der Waals surface area contributed by atoms with Gasteiger partial charge in [0.2, 0.25) is 0 Å². The van der Waals surface area contributed by atoms with E-state index in [4.69, 9.17) is 0 Å². The van der Waals surface area contributed by atoms with E-state index in [9.17, 15) is 9.90 Å². The van der Waals surface area contributed by atoms with Crippen molar-refractivity contribution in [3.8, 4) is 5.75 Å². The molecule has 3 nitrogen and oxygen atoms in total. The van der Waals surface area contributed by atoms with E-state index in [1.165, 1.54) is 10.9 Å². The Balaban J connectivity index is 2.09. The van der Waals surface area contributed by atoms with Gasteiger partial charge in [-0.3, -0.25) is 4.79 Å². The maximum absolute atomic E-state index is 12.4. The number of halogens is 1. The molecule has 0 aliphatic rings. The second-order valence-electron chi connectivity index (χ2n) is 4.71. The number of amides is 1. The van der Waals surface area contributed by atoms with Crippen molar-refractivity contribution in [2.45, 2.75) is 19.4 Å². The highest BCUT2D eigenvalue weighted by Gasteiger charge is 2.18. The van der Waals surface area contributed by atoms with Gasteiger partial charge in [-0.2, -0.15) is 0 Å². The van der Waals surface area contributed by atoms with Crippen LogP contribution in [0.1, 0.15) is 22.2 Å². The van der Waals surface area contributed by atoms with Crippen LogP contribution in [0.3, 0.4) is 0 Å². The number of carbonyl (C=O) groups is 1. The maximum atomic E-state index is 12.4. The van der Waals surface area contributed by atoms with Crippen molar-refractivity contribution < 1.29 is 9.90 Å². The molecule has 1 atom stereocenters. The highest BCUT2D eigenvalue weighted by atomic mass is 127. The molecule has 0 saturated carbocycles. The van der Waals surface area contributed by atoms with Crippen LogP contribution in [-0.2, 0) is 6.42 Å². The highest BCUT2D eigenvalue weighted by molar-refractivity contribution is 14.1. The normalized spacial score (nSPS) is 12.2. The zero-order valence-corrected chi connectivity index (χ0v) is 14.3. The molecule has 20 heavy (non-hydrogen) atoms. The Morgan fingerprint density at radius 2 is 2.20 bits per heavy atom. The molecule has 0 radical (unpaired) electrons. The molecule has 1 unspecified atom stereocenters. The Hall–Kier alpha value is -1.08. The summed E-state index contributed by atoms with van der Waals surface area (Å²) in [5, 5.41) is 11.7. The molecule has 2 aromatic rings. The van der Waals surface area contributed by atoms with Gasteiger partial charge in [-0.1, -0.05) is 6.07 Å². The number of thiophene rings is 1. The van der Waals surface area contributed by atoms with Crippen LogP contribution >= 0.6 is 33.9 Å². The van der Waals surface area contributed by atoms with E-state index in [0.717, 1.165) is 9.99 Å². The number of benzene rings is 1. The third-order valence-electron chi connectivity index (χ3n) is 3.25. The number of carbonyl (C=O) groups excluding carboxylic acids is 1. The summed E-state index contributed by atoms with van der Waals surface area (Å²) in [5.41, 5.74) is 0.517. The summed E-state index contributed by atoms with van der Waals surface area (Å²) >= 11 is 3.74. The molecule has 0 aliphatic carbocycles. The van der Waals surface area contributed by atoms with Gasteiger partial charge in [0.25, 0.3) is 5.91 Å². The van der Waals surface area contributed by atoms with Gasteiger partial charge < -0.3 is 10.0 Å². The SMILES string of the molecule is CC(Cc1cccs1)N(C)C(=O)c1ccc(I)c(O)c1. The average molecular weight is 401 g/mol. The van der Waals surface area contributed by atoms with Crippen molar-refractivity contribution in [2.24, 2.45) is 0 Å². The van der Waals surface area contributed by atoms with Crippen LogP contribution in [0.5, 0.6) is 5.75 Å². The Labute approximate surface area is 136 Å². The lowest BCUT2D eigenvalue weighted by Crippen LogP contribution is -2.36. The first-order valence-corrected chi connectivity index (χ1v) is 8.23. The van der Waals surface area contributed by atoms with E-state index in [0.29, 0.717) is 5.56 Å². The van der Waals surface area contributed by atoms with E-state index in [-0.39, 0.29) is 17.7 Å². The minimum absolute atomic E-state index is 0.0687. The fourth-order valence-corrected chi connectivity index (χ4v) is 3.07. The number of nitrogens with zero attached hydrogens (tertiary/aromatic N) is 1. The number of phenolic OH excluding ortho intramolecular Hbond substituents is 1. The molecule has 2 rings (SSSR count). The van der Waals surface area contributed by atoms with Gasteiger partial charge in [0.05, 0.1) is 3.57 Å². The van der Waals surface area contributed by atoms with Crippen molar-refractivity contribution in [3.63, 3.8) is 0 Å². The standard InChI is InChI=1S/C15H16INO2S/c1-10(8-12-4-3-7-20-12)17(2)15(19)11-5-6-13(16)14(18)9-11/h3-7,9-10,18H,8H2,1-2H3. The summed E-state index contributed by atoms with van der Waals surface area (Å²) in [7, 11) is 1.80. The first-order valence-electron chi connectivity index (χ1n) is 6.27. The molecule has 1 N–H and O–H groups in total. The molecule has 106 valence electrons. The smallest absolute Gasteiger partial charge is 0.253 e. The number of aromatic hydroxyl groups is 1. The van der Waals surface area contributed by atoms with Gasteiger partial charge in [0.1, 0.15) is 5.75 Å². The summed E-state index contributed by atoms with van der Waals surface area (Å²) in [4.78, 5) is 15.4. The molecule has 1 amide bonds. The maximum Gasteiger partial charge on any atom is 0.253 e. The van der Waals surface area contributed by atoms with Gasteiger partial charge in [-0.15, -0.1) is 11.3 Å². The van der Waals surface area contributed by atoms with E-state index in [1.54, 1.807) is 35.4 Å². The molecule has 0 bridgehead atoms. The third-order valence-corrected chi connectivity index (χ3v) is 5.06. The van der Waals surface area contributed by atoms with Crippen molar-refractivity contribution in [1.82, 2.24) is 4.90 Å². The van der Waals surface area contributed by atoms with Gasteiger partial charge in [-0.05, 0) is 59.2 Å². The quantitative estimate of drug-likeness (QED) is 0.793. The fraction of sp³-hybridized carbons (Fsp3) is 0.267. The lowest BCUT2D eigenvalue weighted by Gasteiger charge is -2.24. The van der Waals surface area contributed by atoms with Crippen LogP contribution in [0.4, 0.5) is 0 Å². The Morgan fingerprint density at radius 1 is 1.45 bits per heavy atom.